The standard InChI is InChI=1S/C23H16BrNO2/c1-2-12-27-23(26)20-14-22(25-21-11-10-16(24)13-19(20)21)18-9-5-7-15-6-3-4-8-17(15)18/h2-11,13-14H,1,12H2. The molecule has 4 rings (SSSR count). The summed E-state index contributed by atoms with van der Waals surface area (Å²) < 4.78 is 6.19. The maximum Gasteiger partial charge on any atom is 0.339 e. The van der Waals surface area contributed by atoms with Crippen LogP contribution in [0.4, 0.5) is 0 Å². The molecule has 0 spiro atoms. The Morgan fingerprint density at radius 2 is 1.85 bits per heavy atom. The number of hydrogen-bond donors (Lipinski definition) is 0. The number of ether oxygens (including phenoxy) is 1. The summed E-state index contributed by atoms with van der Waals surface area (Å²) in [4.78, 5) is 17.5. The molecule has 4 aromatic rings. The van der Waals surface area contributed by atoms with Gasteiger partial charge in [0.05, 0.1) is 16.8 Å². The zero-order valence-electron chi connectivity index (χ0n) is 14.5. The molecule has 1 aromatic heterocycles. The Bertz CT molecular complexity index is 1180. The number of fused-ring (bicyclic) bond motifs is 2. The molecule has 0 saturated carbocycles. The average Bonchev–Trinajstić information content (AvgIpc) is 2.70. The molecule has 3 aromatic carbocycles. The number of rotatable bonds is 4. The number of esters is 1. The lowest BCUT2D eigenvalue weighted by molar-refractivity contribution is 0.0552. The third-order valence-corrected chi connectivity index (χ3v) is 4.88. The normalized spacial score (nSPS) is 10.9. The topological polar surface area (TPSA) is 39.2 Å². The SMILES string of the molecule is C=CCOC(=O)c1cc(-c2cccc3ccccc23)nc2ccc(Br)cc12. The molecule has 3 nitrogen and oxygen atoms in total. The van der Waals surface area contributed by atoms with E-state index in [1.54, 1.807) is 6.08 Å². The summed E-state index contributed by atoms with van der Waals surface area (Å²) in [6.45, 7) is 3.77. The van der Waals surface area contributed by atoms with E-state index in [0.29, 0.717) is 5.56 Å². The molecule has 0 saturated heterocycles. The van der Waals surface area contributed by atoms with Crippen LogP contribution in [0.15, 0.2) is 83.9 Å². The van der Waals surface area contributed by atoms with E-state index in [9.17, 15) is 4.79 Å². The van der Waals surface area contributed by atoms with Crippen LogP contribution in [0.25, 0.3) is 32.9 Å². The number of carbonyl (C=O) groups excluding carboxylic acids is 1. The van der Waals surface area contributed by atoms with Crippen LogP contribution in [-0.2, 0) is 4.74 Å². The maximum absolute atomic E-state index is 12.7. The van der Waals surface area contributed by atoms with Crippen molar-refractivity contribution in [3.8, 4) is 11.3 Å². The smallest absolute Gasteiger partial charge is 0.339 e. The van der Waals surface area contributed by atoms with Crippen molar-refractivity contribution >= 4 is 43.6 Å². The number of aromatic nitrogens is 1. The number of carbonyl (C=O) groups is 1. The van der Waals surface area contributed by atoms with Crippen molar-refractivity contribution in [1.82, 2.24) is 4.98 Å². The average molecular weight is 418 g/mol. The van der Waals surface area contributed by atoms with Crippen LogP contribution in [0.3, 0.4) is 0 Å². The van der Waals surface area contributed by atoms with Crippen LogP contribution in [0, 0.1) is 0 Å². The molecule has 0 radical (unpaired) electrons. The molecular weight excluding hydrogens is 402 g/mol. The minimum atomic E-state index is -0.387. The van der Waals surface area contributed by atoms with E-state index in [-0.39, 0.29) is 12.6 Å². The minimum absolute atomic E-state index is 0.167. The van der Waals surface area contributed by atoms with Crippen molar-refractivity contribution in [2.75, 3.05) is 6.61 Å². The molecule has 27 heavy (non-hydrogen) atoms. The number of nitrogens with zero attached hydrogens (tertiary/aromatic N) is 1. The zero-order valence-corrected chi connectivity index (χ0v) is 16.1. The maximum atomic E-state index is 12.7. The molecule has 0 N–H and O–H groups in total. The molecule has 0 atom stereocenters. The van der Waals surface area contributed by atoms with Gasteiger partial charge in [0.25, 0.3) is 0 Å². The lowest BCUT2D eigenvalue weighted by atomic mass is 9.99. The Labute approximate surface area is 165 Å². The third-order valence-electron chi connectivity index (χ3n) is 4.39. The molecule has 0 bridgehead atoms. The van der Waals surface area contributed by atoms with Crippen LogP contribution in [0.1, 0.15) is 10.4 Å². The van der Waals surface area contributed by atoms with E-state index < -0.39 is 0 Å². The Morgan fingerprint density at radius 1 is 1.04 bits per heavy atom. The van der Waals surface area contributed by atoms with Crippen molar-refractivity contribution in [3.05, 3.63) is 89.4 Å². The molecule has 1 heterocycles. The molecule has 4 heteroatoms. The number of halogens is 1. The molecule has 132 valence electrons. The van der Waals surface area contributed by atoms with Crippen LogP contribution < -0.4 is 0 Å². The van der Waals surface area contributed by atoms with Gasteiger partial charge in [-0.05, 0) is 35.0 Å². The van der Waals surface area contributed by atoms with Gasteiger partial charge in [-0.25, -0.2) is 9.78 Å². The Balaban J connectivity index is 1.97. The van der Waals surface area contributed by atoms with Crippen LogP contribution in [-0.4, -0.2) is 17.6 Å². The number of hydrogen-bond acceptors (Lipinski definition) is 3. The summed E-state index contributed by atoms with van der Waals surface area (Å²) >= 11 is 3.47. The fraction of sp³-hybridized carbons (Fsp3) is 0.0435. The second kappa shape index (κ2) is 7.33. The highest BCUT2D eigenvalue weighted by Crippen LogP contribution is 2.31. The minimum Gasteiger partial charge on any atom is -0.458 e. The quantitative estimate of drug-likeness (QED) is 0.294. The lowest BCUT2D eigenvalue weighted by Crippen LogP contribution is -2.07. The van der Waals surface area contributed by atoms with E-state index >= 15 is 0 Å². The zero-order chi connectivity index (χ0) is 18.8. The predicted octanol–water partition coefficient (Wildman–Crippen LogP) is 6.16. The summed E-state index contributed by atoms with van der Waals surface area (Å²) in [5.41, 5.74) is 2.96. The summed E-state index contributed by atoms with van der Waals surface area (Å²) in [6, 6.07) is 21.7. The van der Waals surface area contributed by atoms with Crippen LogP contribution in [0.2, 0.25) is 0 Å². The molecule has 0 unspecified atom stereocenters. The third kappa shape index (κ3) is 3.36. The van der Waals surface area contributed by atoms with E-state index in [4.69, 9.17) is 9.72 Å². The summed E-state index contributed by atoms with van der Waals surface area (Å²) in [5, 5.41) is 2.97. The summed E-state index contributed by atoms with van der Waals surface area (Å²) in [6.07, 6.45) is 1.56. The van der Waals surface area contributed by atoms with E-state index in [0.717, 1.165) is 37.4 Å². The molecular formula is C23H16BrNO2. The van der Waals surface area contributed by atoms with Crippen molar-refractivity contribution in [3.63, 3.8) is 0 Å². The van der Waals surface area contributed by atoms with Crippen molar-refractivity contribution in [2.24, 2.45) is 0 Å². The Hall–Kier alpha value is -2.98. The largest absolute Gasteiger partial charge is 0.458 e. The van der Waals surface area contributed by atoms with Gasteiger partial charge in [0.15, 0.2) is 0 Å². The Morgan fingerprint density at radius 3 is 2.70 bits per heavy atom. The second-order valence-corrected chi connectivity index (χ2v) is 7.05. The fourth-order valence-electron chi connectivity index (χ4n) is 3.17. The first-order valence-electron chi connectivity index (χ1n) is 8.54. The molecule has 0 aliphatic carbocycles. The van der Waals surface area contributed by atoms with Gasteiger partial charge in [0.1, 0.15) is 6.61 Å². The number of pyridine rings is 1. The van der Waals surface area contributed by atoms with E-state index in [1.807, 2.05) is 48.5 Å². The monoisotopic (exact) mass is 417 g/mol. The first-order chi connectivity index (χ1) is 13.2. The van der Waals surface area contributed by atoms with Gasteiger partial charge in [-0.1, -0.05) is 71.0 Å². The summed E-state index contributed by atoms with van der Waals surface area (Å²) in [5.74, 6) is -0.387. The lowest BCUT2D eigenvalue weighted by Gasteiger charge is -2.11. The van der Waals surface area contributed by atoms with Crippen molar-refractivity contribution in [2.45, 2.75) is 0 Å². The van der Waals surface area contributed by atoms with Crippen LogP contribution in [0.5, 0.6) is 0 Å². The molecule has 0 amide bonds. The predicted molar refractivity (Wildman–Crippen MR) is 113 cm³/mol. The fourth-order valence-corrected chi connectivity index (χ4v) is 3.53. The highest BCUT2D eigenvalue weighted by Gasteiger charge is 2.16. The van der Waals surface area contributed by atoms with Gasteiger partial charge < -0.3 is 4.74 Å². The van der Waals surface area contributed by atoms with Gasteiger partial charge in [-0.2, -0.15) is 0 Å². The highest BCUT2D eigenvalue weighted by atomic mass is 79.9. The summed E-state index contributed by atoms with van der Waals surface area (Å²) in [7, 11) is 0. The van der Waals surface area contributed by atoms with Gasteiger partial charge in [0, 0.05) is 15.4 Å². The second-order valence-electron chi connectivity index (χ2n) is 6.13. The molecule has 0 fully saturated rings. The van der Waals surface area contributed by atoms with Gasteiger partial charge >= 0.3 is 5.97 Å². The van der Waals surface area contributed by atoms with E-state index in [2.05, 4.69) is 40.7 Å². The van der Waals surface area contributed by atoms with Crippen LogP contribution >= 0.6 is 15.9 Å². The highest BCUT2D eigenvalue weighted by molar-refractivity contribution is 9.10. The Kier molecular flexibility index (Phi) is 4.73. The first-order valence-corrected chi connectivity index (χ1v) is 9.33. The van der Waals surface area contributed by atoms with Crippen molar-refractivity contribution in [1.29, 1.82) is 0 Å². The van der Waals surface area contributed by atoms with Gasteiger partial charge in [-0.3, -0.25) is 0 Å². The number of benzene rings is 3. The van der Waals surface area contributed by atoms with Gasteiger partial charge in [0.2, 0.25) is 0 Å². The molecule has 0 aliphatic rings. The first kappa shape index (κ1) is 17.4. The molecule has 0 aliphatic heterocycles. The van der Waals surface area contributed by atoms with E-state index in [1.165, 1.54) is 0 Å². The van der Waals surface area contributed by atoms with Gasteiger partial charge in [-0.15, -0.1) is 0 Å². The van der Waals surface area contributed by atoms with Crippen molar-refractivity contribution < 1.29 is 9.53 Å².